The van der Waals surface area contributed by atoms with Gasteiger partial charge < -0.3 is 14.7 Å². The minimum absolute atomic E-state index is 0.0776. The van der Waals surface area contributed by atoms with Crippen molar-refractivity contribution in [1.82, 2.24) is 24.9 Å². The number of ether oxygens (including phenoxy) is 1. The fourth-order valence-electron chi connectivity index (χ4n) is 3.44. The first-order chi connectivity index (χ1) is 15.2. The van der Waals surface area contributed by atoms with Crippen molar-refractivity contribution in [2.45, 2.75) is 25.7 Å². The first kappa shape index (κ1) is 19.2. The van der Waals surface area contributed by atoms with Crippen molar-refractivity contribution in [1.29, 1.82) is 0 Å². The Labute approximate surface area is 178 Å². The molecule has 0 bridgehead atoms. The number of hydrogen-bond donors (Lipinski definition) is 2. The number of para-hydroxylation sites is 1. The smallest absolute Gasteiger partial charge is 0.172 e. The second-order valence-corrected chi connectivity index (χ2v) is 7.78. The summed E-state index contributed by atoms with van der Waals surface area (Å²) in [6.07, 6.45) is 9.09. The van der Waals surface area contributed by atoms with Gasteiger partial charge in [0.2, 0.25) is 0 Å². The van der Waals surface area contributed by atoms with Gasteiger partial charge in [0.25, 0.3) is 0 Å². The van der Waals surface area contributed by atoms with E-state index in [4.69, 9.17) is 4.74 Å². The number of nitrogens with one attached hydrogen (secondary N) is 2. The zero-order valence-electron chi connectivity index (χ0n) is 16.8. The molecule has 3 heterocycles. The summed E-state index contributed by atoms with van der Waals surface area (Å²) in [4.78, 5) is 44.4. The van der Waals surface area contributed by atoms with Crippen LogP contribution in [0.5, 0.6) is 5.75 Å². The zero-order chi connectivity index (χ0) is 21.2. The molecule has 2 N–H and O–H groups in total. The maximum atomic E-state index is 12.8. The quantitative estimate of drug-likeness (QED) is 0.406. The molecule has 0 radical (unpaired) electrons. The molecule has 8 heteroatoms. The van der Waals surface area contributed by atoms with Crippen LogP contribution in [0.2, 0.25) is 0 Å². The topological polar surface area (TPSA) is 114 Å². The van der Waals surface area contributed by atoms with Gasteiger partial charge in [-0.1, -0.05) is 6.07 Å². The van der Waals surface area contributed by atoms with E-state index in [9.17, 15) is 9.59 Å². The summed E-state index contributed by atoms with van der Waals surface area (Å²) in [5.74, 6) is 2.13. The van der Waals surface area contributed by atoms with Crippen molar-refractivity contribution >= 4 is 22.6 Å². The third-order valence-electron chi connectivity index (χ3n) is 5.29. The summed E-state index contributed by atoms with van der Waals surface area (Å²) >= 11 is 0. The Balaban J connectivity index is 1.33. The molecule has 0 saturated heterocycles. The SMILES string of the molecule is O=C(Cc1nc2c(C(=O)Cc3ncc[nH]3)cccc2[nH]1)c1cncc(OCC2CC2)c1. The van der Waals surface area contributed by atoms with Crippen molar-refractivity contribution in [2.75, 3.05) is 6.61 Å². The number of imidazole rings is 2. The van der Waals surface area contributed by atoms with Crippen LogP contribution < -0.4 is 4.74 Å². The molecule has 0 aliphatic heterocycles. The van der Waals surface area contributed by atoms with Gasteiger partial charge in [-0.2, -0.15) is 0 Å². The van der Waals surface area contributed by atoms with Crippen molar-refractivity contribution in [3.05, 3.63) is 71.8 Å². The average molecular weight is 415 g/mol. The van der Waals surface area contributed by atoms with Gasteiger partial charge in [0.1, 0.15) is 17.4 Å². The van der Waals surface area contributed by atoms with Crippen LogP contribution in [0.15, 0.2) is 49.1 Å². The van der Waals surface area contributed by atoms with E-state index in [1.165, 1.54) is 19.0 Å². The standard InChI is InChI=1S/C23H21N5O3/c29-19(15-8-16(12-24-11-15)31-13-14-4-5-14)9-22-27-18-3-1-2-17(23(18)28-22)20(30)10-21-25-6-7-26-21/h1-3,6-8,11-12,14H,4-5,9-10,13H2,(H,25,26)(H,27,28). The fraction of sp³-hybridized carbons (Fsp3) is 0.261. The molecule has 5 rings (SSSR count). The predicted molar refractivity (Wildman–Crippen MR) is 113 cm³/mol. The number of benzene rings is 1. The van der Waals surface area contributed by atoms with Crippen LogP contribution in [0.1, 0.15) is 45.2 Å². The molecular weight excluding hydrogens is 394 g/mol. The van der Waals surface area contributed by atoms with E-state index >= 15 is 0 Å². The van der Waals surface area contributed by atoms with Crippen molar-refractivity contribution in [3.8, 4) is 5.75 Å². The van der Waals surface area contributed by atoms with E-state index in [0.29, 0.717) is 52.1 Å². The Kier molecular flexibility index (Phi) is 5.03. The highest BCUT2D eigenvalue weighted by molar-refractivity contribution is 6.07. The van der Waals surface area contributed by atoms with E-state index in [1.807, 2.05) is 6.07 Å². The van der Waals surface area contributed by atoms with Crippen LogP contribution in [0.4, 0.5) is 0 Å². The van der Waals surface area contributed by atoms with E-state index in [2.05, 4.69) is 24.9 Å². The Morgan fingerprint density at radius 3 is 2.77 bits per heavy atom. The van der Waals surface area contributed by atoms with Crippen LogP contribution in [0, 0.1) is 5.92 Å². The summed E-state index contributed by atoms with van der Waals surface area (Å²) in [7, 11) is 0. The first-order valence-electron chi connectivity index (χ1n) is 10.3. The van der Waals surface area contributed by atoms with Gasteiger partial charge in [0, 0.05) is 29.7 Å². The van der Waals surface area contributed by atoms with Gasteiger partial charge in [0.15, 0.2) is 11.6 Å². The van der Waals surface area contributed by atoms with E-state index in [-0.39, 0.29) is 24.4 Å². The molecule has 1 aliphatic carbocycles. The molecule has 31 heavy (non-hydrogen) atoms. The number of rotatable bonds is 9. The van der Waals surface area contributed by atoms with Gasteiger partial charge in [-0.25, -0.2) is 9.97 Å². The number of ketones is 2. The summed E-state index contributed by atoms with van der Waals surface area (Å²) < 4.78 is 5.72. The molecule has 0 spiro atoms. The van der Waals surface area contributed by atoms with Crippen LogP contribution in [-0.2, 0) is 12.8 Å². The Morgan fingerprint density at radius 2 is 1.97 bits per heavy atom. The maximum Gasteiger partial charge on any atom is 0.172 e. The van der Waals surface area contributed by atoms with Crippen LogP contribution in [0.25, 0.3) is 11.0 Å². The average Bonchev–Trinajstić information content (AvgIpc) is 3.29. The number of Topliss-reactive ketones (excluding diaryl/α,β-unsaturated/α-hetero) is 2. The van der Waals surface area contributed by atoms with Gasteiger partial charge in [-0.05, 0) is 37.0 Å². The zero-order valence-corrected chi connectivity index (χ0v) is 16.8. The molecule has 1 aromatic carbocycles. The molecule has 156 valence electrons. The van der Waals surface area contributed by atoms with Gasteiger partial charge in [-0.3, -0.25) is 14.6 Å². The lowest BCUT2D eigenvalue weighted by Gasteiger charge is -2.06. The number of aromatic amines is 2. The summed E-state index contributed by atoms with van der Waals surface area (Å²) in [6, 6.07) is 7.10. The highest BCUT2D eigenvalue weighted by atomic mass is 16.5. The lowest BCUT2D eigenvalue weighted by molar-refractivity contribution is 0.0984. The van der Waals surface area contributed by atoms with Crippen molar-refractivity contribution < 1.29 is 14.3 Å². The molecule has 0 atom stereocenters. The maximum absolute atomic E-state index is 12.8. The van der Waals surface area contributed by atoms with E-state index in [0.717, 1.165) is 0 Å². The molecular formula is C23H21N5O3. The van der Waals surface area contributed by atoms with Crippen LogP contribution in [0.3, 0.4) is 0 Å². The highest BCUT2D eigenvalue weighted by Crippen LogP contribution is 2.29. The minimum atomic E-state index is -0.119. The summed E-state index contributed by atoms with van der Waals surface area (Å²) in [5.41, 5.74) is 2.25. The Bertz CT molecular complexity index is 1240. The van der Waals surface area contributed by atoms with Crippen molar-refractivity contribution in [3.63, 3.8) is 0 Å². The third-order valence-corrected chi connectivity index (χ3v) is 5.29. The number of aromatic nitrogens is 5. The van der Waals surface area contributed by atoms with E-state index in [1.54, 1.807) is 36.8 Å². The van der Waals surface area contributed by atoms with Gasteiger partial charge in [-0.15, -0.1) is 0 Å². The number of hydrogen-bond acceptors (Lipinski definition) is 6. The Hall–Kier alpha value is -3.81. The van der Waals surface area contributed by atoms with Gasteiger partial charge >= 0.3 is 0 Å². The molecule has 4 aromatic rings. The number of nitrogens with zero attached hydrogens (tertiary/aromatic N) is 3. The molecule has 1 saturated carbocycles. The Morgan fingerprint density at radius 1 is 1.10 bits per heavy atom. The normalized spacial score (nSPS) is 13.4. The second kappa shape index (κ2) is 8.14. The largest absolute Gasteiger partial charge is 0.492 e. The molecule has 1 fully saturated rings. The van der Waals surface area contributed by atoms with Crippen molar-refractivity contribution in [2.24, 2.45) is 5.92 Å². The minimum Gasteiger partial charge on any atom is -0.492 e. The monoisotopic (exact) mass is 415 g/mol. The van der Waals surface area contributed by atoms with Gasteiger partial charge in [0.05, 0.1) is 36.7 Å². The molecule has 0 unspecified atom stereocenters. The first-order valence-corrected chi connectivity index (χ1v) is 10.3. The lowest BCUT2D eigenvalue weighted by atomic mass is 10.1. The number of carbonyl (C=O) groups is 2. The fourth-order valence-corrected chi connectivity index (χ4v) is 3.44. The highest BCUT2D eigenvalue weighted by Gasteiger charge is 2.22. The second-order valence-electron chi connectivity index (χ2n) is 7.78. The molecule has 8 nitrogen and oxygen atoms in total. The number of fused-ring (bicyclic) bond motifs is 1. The summed E-state index contributed by atoms with van der Waals surface area (Å²) in [5, 5.41) is 0. The molecule has 3 aromatic heterocycles. The summed E-state index contributed by atoms with van der Waals surface area (Å²) in [6.45, 7) is 0.664. The number of H-pyrrole nitrogens is 2. The molecule has 0 amide bonds. The third kappa shape index (κ3) is 4.37. The van der Waals surface area contributed by atoms with Crippen LogP contribution in [-0.4, -0.2) is 43.1 Å². The number of pyridine rings is 1. The molecule has 1 aliphatic rings. The van der Waals surface area contributed by atoms with Crippen LogP contribution >= 0.6 is 0 Å². The van der Waals surface area contributed by atoms with E-state index < -0.39 is 0 Å². The number of carbonyl (C=O) groups excluding carboxylic acids is 2. The lowest BCUT2D eigenvalue weighted by Crippen LogP contribution is -2.07. The predicted octanol–water partition coefficient (Wildman–Crippen LogP) is 3.32.